The summed E-state index contributed by atoms with van der Waals surface area (Å²) in [4.78, 5) is 5.71. The van der Waals surface area contributed by atoms with Crippen molar-refractivity contribution in [2.24, 2.45) is 0 Å². The molecule has 0 spiro atoms. The van der Waals surface area contributed by atoms with Gasteiger partial charge in [0.15, 0.2) is 0 Å². The van der Waals surface area contributed by atoms with Gasteiger partial charge in [-0.3, -0.25) is 4.98 Å². The summed E-state index contributed by atoms with van der Waals surface area (Å²) in [7, 11) is 0. The zero-order chi connectivity index (χ0) is 13.8. The molecule has 20 heavy (non-hydrogen) atoms. The summed E-state index contributed by atoms with van der Waals surface area (Å²) >= 11 is 1.78. The summed E-state index contributed by atoms with van der Waals surface area (Å²) < 4.78 is 5.13. The molecule has 0 aliphatic rings. The maximum atomic E-state index is 5.87. The van der Waals surface area contributed by atoms with Crippen LogP contribution in [0.5, 0.6) is 0 Å². The number of aromatic nitrogens is 2. The molecule has 0 bridgehead atoms. The maximum absolute atomic E-state index is 5.87. The van der Waals surface area contributed by atoms with Gasteiger partial charge in [-0.15, -0.1) is 11.3 Å². The van der Waals surface area contributed by atoms with Gasteiger partial charge in [0, 0.05) is 11.1 Å². The van der Waals surface area contributed by atoms with Gasteiger partial charge in [0.1, 0.15) is 0 Å². The highest BCUT2D eigenvalue weighted by molar-refractivity contribution is 7.09. The maximum Gasteiger partial charge on any atom is 0.231 e. The zero-order valence-corrected chi connectivity index (χ0v) is 11.8. The first-order valence-corrected chi connectivity index (χ1v) is 7.40. The molecule has 0 aromatic carbocycles. The number of aryl methyl sites for hydroxylation is 2. The van der Waals surface area contributed by atoms with Crippen molar-refractivity contribution in [3.63, 3.8) is 0 Å². The molecule has 0 aliphatic heterocycles. The van der Waals surface area contributed by atoms with Crippen molar-refractivity contribution in [3.8, 4) is 11.3 Å². The molecule has 0 fully saturated rings. The molecular formula is C15H15N3OS. The fraction of sp³-hybridized carbons (Fsp3) is 0.200. The summed E-state index contributed by atoms with van der Waals surface area (Å²) in [5.74, 6) is 0.342. The van der Waals surface area contributed by atoms with Crippen molar-refractivity contribution in [2.75, 3.05) is 5.73 Å². The van der Waals surface area contributed by atoms with Crippen molar-refractivity contribution in [1.82, 2.24) is 10.1 Å². The lowest BCUT2D eigenvalue weighted by Crippen LogP contribution is -1.94. The van der Waals surface area contributed by atoms with Crippen LogP contribution >= 0.6 is 11.3 Å². The van der Waals surface area contributed by atoms with E-state index in [-0.39, 0.29) is 0 Å². The minimum atomic E-state index is 0.342. The Balaban J connectivity index is 1.74. The Bertz CT molecular complexity index is 662. The van der Waals surface area contributed by atoms with Gasteiger partial charge < -0.3 is 10.3 Å². The highest BCUT2D eigenvalue weighted by Crippen LogP contribution is 2.29. The molecule has 0 saturated heterocycles. The molecule has 3 aromatic rings. The molecule has 0 aliphatic carbocycles. The quantitative estimate of drug-likeness (QED) is 0.778. The second-order valence-electron chi connectivity index (χ2n) is 4.52. The number of hydrogen-bond acceptors (Lipinski definition) is 5. The summed E-state index contributed by atoms with van der Waals surface area (Å²) in [6, 6.07) is 9.97. The van der Waals surface area contributed by atoms with Gasteiger partial charge in [-0.2, -0.15) is 0 Å². The fourth-order valence-electron chi connectivity index (χ4n) is 2.18. The lowest BCUT2D eigenvalue weighted by Gasteiger charge is -2.01. The van der Waals surface area contributed by atoms with Crippen molar-refractivity contribution < 1.29 is 4.52 Å². The van der Waals surface area contributed by atoms with Crippen molar-refractivity contribution in [3.05, 3.63) is 52.5 Å². The highest BCUT2D eigenvalue weighted by atomic mass is 32.1. The fourth-order valence-corrected chi connectivity index (χ4v) is 2.93. The second kappa shape index (κ2) is 5.88. The van der Waals surface area contributed by atoms with E-state index in [0.717, 1.165) is 36.2 Å². The number of rotatable bonds is 5. The Morgan fingerprint density at radius 2 is 2.10 bits per heavy atom. The normalized spacial score (nSPS) is 10.8. The Morgan fingerprint density at radius 1 is 1.15 bits per heavy atom. The second-order valence-corrected chi connectivity index (χ2v) is 5.55. The van der Waals surface area contributed by atoms with Gasteiger partial charge in [-0.1, -0.05) is 17.3 Å². The number of pyridine rings is 1. The summed E-state index contributed by atoms with van der Waals surface area (Å²) in [5, 5.41) is 6.17. The summed E-state index contributed by atoms with van der Waals surface area (Å²) in [6.45, 7) is 0. The minimum absolute atomic E-state index is 0.342. The van der Waals surface area contributed by atoms with Gasteiger partial charge in [0.25, 0.3) is 0 Å². The lowest BCUT2D eigenvalue weighted by molar-refractivity contribution is 0.426. The van der Waals surface area contributed by atoms with Crippen molar-refractivity contribution in [1.29, 1.82) is 0 Å². The van der Waals surface area contributed by atoms with Crippen LogP contribution in [0.15, 0.2) is 46.4 Å². The van der Waals surface area contributed by atoms with E-state index < -0.39 is 0 Å². The monoisotopic (exact) mass is 285 g/mol. The minimum Gasteiger partial charge on any atom is -0.367 e. The summed E-state index contributed by atoms with van der Waals surface area (Å²) in [5.41, 5.74) is 8.41. The van der Waals surface area contributed by atoms with Crippen LogP contribution in [-0.4, -0.2) is 10.1 Å². The van der Waals surface area contributed by atoms with Gasteiger partial charge in [0.05, 0.1) is 17.0 Å². The first-order chi connectivity index (χ1) is 9.84. The third-order valence-corrected chi connectivity index (χ3v) is 4.06. The topological polar surface area (TPSA) is 64.9 Å². The third-order valence-electron chi connectivity index (χ3n) is 3.13. The van der Waals surface area contributed by atoms with Gasteiger partial charge in [-0.25, -0.2) is 0 Å². The van der Waals surface area contributed by atoms with E-state index in [1.54, 1.807) is 17.5 Å². The number of nitrogens with two attached hydrogens (primary N) is 1. The molecule has 0 atom stereocenters. The lowest BCUT2D eigenvalue weighted by atomic mass is 10.1. The standard InChI is InChI=1S/C15H15N3OS/c16-15-14(12-7-1-2-9-17-12)13(18-19-15)8-3-5-11-6-4-10-20-11/h1-2,4,6-7,9-10H,3,5,8,16H2. The van der Waals surface area contributed by atoms with E-state index in [4.69, 9.17) is 10.3 Å². The van der Waals surface area contributed by atoms with Gasteiger partial charge in [0.2, 0.25) is 5.88 Å². The predicted octanol–water partition coefficient (Wildman–Crippen LogP) is 3.56. The zero-order valence-electron chi connectivity index (χ0n) is 11.0. The number of nitrogen functional groups attached to an aromatic ring is 1. The van der Waals surface area contributed by atoms with Crippen LogP contribution in [-0.2, 0) is 12.8 Å². The first-order valence-electron chi connectivity index (χ1n) is 6.52. The highest BCUT2D eigenvalue weighted by Gasteiger charge is 2.16. The van der Waals surface area contributed by atoms with Crippen LogP contribution in [0.3, 0.4) is 0 Å². The largest absolute Gasteiger partial charge is 0.367 e. The van der Waals surface area contributed by atoms with Gasteiger partial charge in [-0.05, 0) is 42.8 Å². The van der Waals surface area contributed by atoms with Crippen LogP contribution in [0.2, 0.25) is 0 Å². The SMILES string of the molecule is Nc1onc(CCCc2cccs2)c1-c1ccccn1. The van der Waals surface area contributed by atoms with Crippen LogP contribution in [0.1, 0.15) is 17.0 Å². The van der Waals surface area contributed by atoms with E-state index in [1.807, 2.05) is 18.2 Å². The van der Waals surface area contributed by atoms with Crippen LogP contribution in [0.4, 0.5) is 5.88 Å². The number of thiophene rings is 1. The van der Waals surface area contributed by atoms with E-state index in [9.17, 15) is 0 Å². The smallest absolute Gasteiger partial charge is 0.231 e. The molecule has 0 saturated carbocycles. The molecule has 102 valence electrons. The molecule has 5 heteroatoms. The number of nitrogens with zero attached hydrogens (tertiary/aromatic N) is 2. The van der Waals surface area contributed by atoms with E-state index in [2.05, 4.69) is 27.7 Å². The molecule has 3 heterocycles. The van der Waals surface area contributed by atoms with E-state index in [1.165, 1.54) is 4.88 Å². The molecule has 0 amide bonds. The molecule has 3 rings (SSSR count). The van der Waals surface area contributed by atoms with Gasteiger partial charge >= 0.3 is 0 Å². The predicted molar refractivity (Wildman–Crippen MR) is 80.5 cm³/mol. The average Bonchev–Trinajstić information content (AvgIpc) is 3.10. The Hall–Kier alpha value is -2.14. The van der Waals surface area contributed by atoms with Crippen molar-refractivity contribution >= 4 is 17.2 Å². The van der Waals surface area contributed by atoms with Crippen molar-refractivity contribution in [2.45, 2.75) is 19.3 Å². The van der Waals surface area contributed by atoms with E-state index >= 15 is 0 Å². The van der Waals surface area contributed by atoms with Crippen LogP contribution in [0.25, 0.3) is 11.3 Å². The number of hydrogen-bond donors (Lipinski definition) is 1. The Labute approximate surface area is 121 Å². The molecule has 3 aromatic heterocycles. The third kappa shape index (κ3) is 2.72. The molecule has 0 unspecified atom stereocenters. The average molecular weight is 285 g/mol. The molecular weight excluding hydrogens is 270 g/mol. The Kier molecular flexibility index (Phi) is 3.78. The van der Waals surface area contributed by atoms with E-state index in [0.29, 0.717) is 5.88 Å². The first kappa shape index (κ1) is 12.9. The Morgan fingerprint density at radius 3 is 2.85 bits per heavy atom. The molecule has 4 nitrogen and oxygen atoms in total. The molecule has 2 N–H and O–H groups in total. The number of anilines is 1. The summed E-state index contributed by atoms with van der Waals surface area (Å²) in [6.07, 6.45) is 4.65. The molecule has 0 radical (unpaired) electrons. The van der Waals surface area contributed by atoms with Crippen LogP contribution < -0.4 is 5.73 Å². The van der Waals surface area contributed by atoms with Crippen LogP contribution in [0, 0.1) is 0 Å².